The molecule has 6 heteroatoms. The number of aliphatic hydroxyl groups excluding tert-OH is 1. The Hall–Kier alpha value is -1.46. The van der Waals surface area contributed by atoms with Gasteiger partial charge in [0.25, 0.3) is 0 Å². The van der Waals surface area contributed by atoms with E-state index in [1.807, 2.05) is 33.8 Å². The van der Waals surface area contributed by atoms with Gasteiger partial charge in [-0.25, -0.2) is 0 Å². The molecular weight excluding hydrogens is 440 g/mol. The number of carbonyl (C=O) groups is 3. The number of unbranched alkanes of at least 4 members (excludes halogenated alkanes) is 1. The molecule has 33 heavy (non-hydrogen) atoms. The van der Waals surface area contributed by atoms with E-state index in [0.717, 1.165) is 31.3 Å². The molecule has 4 aliphatic carbocycles. The summed E-state index contributed by atoms with van der Waals surface area (Å²) in [5, 5.41) is 11.7. The average molecular weight is 477 g/mol. The minimum Gasteiger partial charge on any atom is -0.450 e. The van der Waals surface area contributed by atoms with E-state index < -0.39 is 27.4 Å². The number of alkyl halides is 1. The van der Waals surface area contributed by atoms with Gasteiger partial charge in [-0.05, 0) is 63.0 Å². The third-order valence-corrected chi connectivity index (χ3v) is 10.6. The highest BCUT2D eigenvalue weighted by Gasteiger charge is 2.75. The fourth-order valence-electron chi connectivity index (χ4n) is 8.12. The highest BCUT2D eigenvalue weighted by molar-refractivity contribution is 6.26. The minimum atomic E-state index is -1.27. The molecule has 4 aliphatic rings. The number of esters is 1. The first-order chi connectivity index (χ1) is 15.4. The normalized spacial score (nSPS) is 46.2. The van der Waals surface area contributed by atoms with Crippen LogP contribution in [-0.4, -0.2) is 39.2 Å². The molecule has 8 unspecified atom stereocenters. The summed E-state index contributed by atoms with van der Waals surface area (Å²) in [6.07, 6.45) is 8.50. The summed E-state index contributed by atoms with van der Waals surface area (Å²) in [7, 11) is 0. The van der Waals surface area contributed by atoms with Gasteiger partial charge in [0.1, 0.15) is 0 Å². The van der Waals surface area contributed by atoms with Gasteiger partial charge in [0.15, 0.2) is 17.2 Å². The molecule has 4 rings (SSSR count). The van der Waals surface area contributed by atoms with Crippen LogP contribution < -0.4 is 0 Å². The van der Waals surface area contributed by atoms with Gasteiger partial charge in [-0.2, -0.15) is 0 Å². The van der Waals surface area contributed by atoms with Crippen molar-refractivity contribution in [2.45, 2.75) is 96.1 Å². The van der Waals surface area contributed by atoms with Crippen LogP contribution in [0.1, 0.15) is 79.6 Å². The molecule has 1 N–H and O–H groups in total. The van der Waals surface area contributed by atoms with Crippen molar-refractivity contribution in [2.75, 3.05) is 0 Å². The lowest BCUT2D eigenvalue weighted by molar-refractivity contribution is -0.200. The Morgan fingerprint density at radius 2 is 1.97 bits per heavy atom. The van der Waals surface area contributed by atoms with E-state index in [4.69, 9.17) is 16.3 Å². The Bertz CT molecular complexity index is 939. The average Bonchev–Trinajstić information content (AvgIpc) is 2.96. The fraction of sp³-hybridized carbons (Fsp3) is 0.741. The lowest BCUT2D eigenvalue weighted by Gasteiger charge is -2.64. The molecule has 0 aromatic rings. The van der Waals surface area contributed by atoms with Crippen molar-refractivity contribution in [1.29, 1.82) is 0 Å². The summed E-state index contributed by atoms with van der Waals surface area (Å²) in [5.41, 5.74) is -1.65. The third kappa shape index (κ3) is 3.10. The molecule has 182 valence electrons. The van der Waals surface area contributed by atoms with E-state index in [1.54, 1.807) is 12.2 Å². The molecule has 3 fully saturated rings. The summed E-state index contributed by atoms with van der Waals surface area (Å²) in [6.45, 7) is 9.57. The van der Waals surface area contributed by atoms with Gasteiger partial charge in [0.05, 0.1) is 11.0 Å². The van der Waals surface area contributed by atoms with Crippen molar-refractivity contribution in [3.63, 3.8) is 0 Å². The molecule has 0 saturated heterocycles. The monoisotopic (exact) mass is 476 g/mol. The van der Waals surface area contributed by atoms with Gasteiger partial charge >= 0.3 is 5.97 Å². The second-order valence-corrected chi connectivity index (χ2v) is 11.9. The number of ketones is 2. The van der Waals surface area contributed by atoms with Crippen molar-refractivity contribution < 1.29 is 24.2 Å². The van der Waals surface area contributed by atoms with Crippen LogP contribution in [0.2, 0.25) is 0 Å². The summed E-state index contributed by atoms with van der Waals surface area (Å²) >= 11 is 7.47. The fourth-order valence-corrected chi connectivity index (χ4v) is 8.64. The quantitative estimate of drug-likeness (QED) is 0.449. The first kappa shape index (κ1) is 24.7. The Balaban J connectivity index is 1.78. The Kier molecular flexibility index (Phi) is 6.01. The Morgan fingerprint density at radius 3 is 2.61 bits per heavy atom. The number of fused-ring (bicyclic) bond motifs is 5. The van der Waals surface area contributed by atoms with Crippen LogP contribution in [-0.2, 0) is 19.1 Å². The lowest BCUT2D eigenvalue weighted by Crippen LogP contribution is -2.69. The zero-order valence-electron chi connectivity index (χ0n) is 20.4. The van der Waals surface area contributed by atoms with Gasteiger partial charge in [0, 0.05) is 23.2 Å². The van der Waals surface area contributed by atoms with Crippen LogP contribution in [0.3, 0.4) is 0 Å². The van der Waals surface area contributed by atoms with Crippen molar-refractivity contribution in [2.24, 2.45) is 28.6 Å². The highest BCUT2D eigenvalue weighted by atomic mass is 35.5. The molecule has 0 spiro atoms. The third-order valence-electron chi connectivity index (χ3n) is 9.71. The maximum atomic E-state index is 13.3. The van der Waals surface area contributed by atoms with Crippen molar-refractivity contribution in [3.8, 4) is 0 Å². The smallest absolute Gasteiger partial charge is 0.306 e. The van der Waals surface area contributed by atoms with Crippen molar-refractivity contribution >= 4 is 29.1 Å². The largest absolute Gasteiger partial charge is 0.450 e. The van der Waals surface area contributed by atoms with Gasteiger partial charge in [0.2, 0.25) is 0 Å². The number of rotatable bonds is 5. The van der Waals surface area contributed by atoms with Crippen LogP contribution in [0.4, 0.5) is 0 Å². The van der Waals surface area contributed by atoms with Crippen LogP contribution in [0, 0.1) is 28.6 Å². The predicted octanol–water partition coefficient (Wildman–Crippen LogP) is 4.93. The van der Waals surface area contributed by atoms with Crippen LogP contribution in [0.25, 0.3) is 0 Å². The highest BCUT2D eigenvalue weighted by Crippen LogP contribution is 2.72. The maximum absolute atomic E-state index is 13.3. The molecule has 0 heterocycles. The van der Waals surface area contributed by atoms with Gasteiger partial charge in [-0.15, -0.1) is 11.6 Å². The van der Waals surface area contributed by atoms with Crippen LogP contribution in [0.5, 0.6) is 0 Å². The number of Topliss-reactive ketones (excluding diaryl/α,β-unsaturated/α-hetero) is 1. The van der Waals surface area contributed by atoms with Crippen molar-refractivity contribution in [1.82, 2.24) is 0 Å². The molecule has 0 aromatic carbocycles. The second-order valence-electron chi connectivity index (χ2n) is 11.3. The first-order valence-corrected chi connectivity index (χ1v) is 12.8. The van der Waals surface area contributed by atoms with E-state index in [9.17, 15) is 19.5 Å². The number of hydrogen-bond donors (Lipinski definition) is 1. The Morgan fingerprint density at radius 1 is 1.27 bits per heavy atom. The number of aliphatic hydroxyl groups is 1. The summed E-state index contributed by atoms with van der Waals surface area (Å²) in [5.74, 6) is -0.764. The SMILES string of the molecule is CCCCC(=O)OC1(C(C)=O)C(C)CC2C3CCC4=CC(=O)C=CC4(C)C3(Cl)C(O)CC21C. The summed E-state index contributed by atoms with van der Waals surface area (Å²) in [4.78, 5) is 37.2. The van der Waals surface area contributed by atoms with E-state index in [-0.39, 0.29) is 48.1 Å². The number of halogens is 1. The number of ether oxygens (including phenoxy) is 1. The molecule has 5 nitrogen and oxygen atoms in total. The molecule has 3 saturated carbocycles. The van der Waals surface area contributed by atoms with Gasteiger partial charge in [-0.3, -0.25) is 14.4 Å². The minimum absolute atomic E-state index is 0.0145. The van der Waals surface area contributed by atoms with Gasteiger partial charge < -0.3 is 9.84 Å². The first-order valence-electron chi connectivity index (χ1n) is 12.4. The lowest BCUT2D eigenvalue weighted by atomic mass is 9.45. The number of carbonyl (C=O) groups excluding carboxylic acids is 3. The Labute approximate surface area is 202 Å². The van der Waals surface area contributed by atoms with Crippen LogP contribution in [0.15, 0.2) is 23.8 Å². The summed E-state index contributed by atoms with van der Waals surface area (Å²) in [6, 6.07) is 0. The van der Waals surface area contributed by atoms with E-state index in [2.05, 4.69) is 0 Å². The van der Waals surface area contributed by atoms with E-state index in [1.165, 1.54) is 6.92 Å². The standard InChI is InChI=1S/C27H37ClO5/c1-6-7-8-23(32)33-27(17(3)29)16(2)13-21-20-10-9-18-14-19(30)11-12-24(18,4)26(20,28)22(31)15-25(21,27)5/h11-12,14,16,20-22,31H,6-10,13,15H2,1-5H3. The molecular formula is C27H37ClO5. The second kappa shape index (κ2) is 8.05. The maximum Gasteiger partial charge on any atom is 0.306 e. The van der Waals surface area contributed by atoms with E-state index in [0.29, 0.717) is 6.42 Å². The van der Waals surface area contributed by atoms with Gasteiger partial charge in [-0.1, -0.05) is 45.8 Å². The van der Waals surface area contributed by atoms with E-state index >= 15 is 0 Å². The molecule has 0 aromatic heterocycles. The summed E-state index contributed by atoms with van der Waals surface area (Å²) < 4.78 is 6.14. The zero-order valence-corrected chi connectivity index (χ0v) is 21.2. The molecule has 8 atom stereocenters. The molecule has 0 aliphatic heterocycles. The van der Waals surface area contributed by atoms with Crippen molar-refractivity contribution in [3.05, 3.63) is 23.8 Å². The number of allylic oxidation sites excluding steroid dienone is 4. The topological polar surface area (TPSA) is 80.7 Å². The molecule has 0 amide bonds. The van der Waals surface area contributed by atoms with Crippen LogP contribution >= 0.6 is 11.6 Å². The number of hydrogen-bond acceptors (Lipinski definition) is 5. The molecule has 0 radical (unpaired) electrons. The molecule has 0 bridgehead atoms. The predicted molar refractivity (Wildman–Crippen MR) is 127 cm³/mol. The zero-order chi connectivity index (χ0) is 24.4.